The highest BCUT2D eigenvalue weighted by molar-refractivity contribution is 5.90. The van der Waals surface area contributed by atoms with Gasteiger partial charge in [-0.15, -0.1) is 5.10 Å². The Kier molecular flexibility index (Phi) is 4.39. The van der Waals surface area contributed by atoms with Crippen molar-refractivity contribution in [3.05, 3.63) is 48.0 Å². The van der Waals surface area contributed by atoms with Crippen LogP contribution in [0.4, 0.5) is 10.1 Å². The Balaban J connectivity index is 2.03. The number of carboxylic acid groups (broad SMARTS) is 1. The lowest BCUT2D eigenvalue weighted by Crippen LogP contribution is -2.19. The first-order valence-electron chi connectivity index (χ1n) is 5.89. The smallest absolute Gasteiger partial charge is 0.328 e. The van der Waals surface area contributed by atoms with Crippen molar-refractivity contribution in [1.82, 2.24) is 15.0 Å². The van der Waals surface area contributed by atoms with Gasteiger partial charge in [-0.1, -0.05) is 5.21 Å². The summed E-state index contributed by atoms with van der Waals surface area (Å²) in [6.07, 6.45) is 4.94. The molecule has 1 heterocycles. The van der Waals surface area contributed by atoms with E-state index in [4.69, 9.17) is 5.11 Å². The number of aliphatic carboxylic acids is 1. The molecule has 7 nitrogen and oxygen atoms in total. The van der Waals surface area contributed by atoms with E-state index in [1.165, 1.54) is 29.2 Å². The van der Waals surface area contributed by atoms with E-state index < -0.39 is 11.8 Å². The van der Waals surface area contributed by atoms with Gasteiger partial charge in [-0.05, 0) is 24.3 Å². The van der Waals surface area contributed by atoms with Crippen molar-refractivity contribution < 1.29 is 19.1 Å². The number of carbonyl (C=O) groups excluding carboxylic acids is 1. The standard InChI is InChI=1S/C13H11FN4O3/c14-11-7-10(3-1-9(11)2-4-13(20)21)16-12(19)8-18-6-5-15-17-18/h1-7H,8H2,(H,16,19)(H,20,21)/b4-2+. The number of rotatable bonds is 5. The molecule has 0 saturated heterocycles. The average Bonchev–Trinajstić information content (AvgIpc) is 2.90. The lowest BCUT2D eigenvalue weighted by molar-refractivity contribution is -0.131. The number of halogens is 1. The number of hydrogen-bond donors (Lipinski definition) is 2. The predicted molar refractivity (Wildman–Crippen MR) is 71.7 cm³/mol. The summed E-state index contributed by atoms with van der Waals surface area (Å²) in [4.78, 5) is 22.0. The Bertz CT molecular complexity index is 683. The van der Waals surface area contributed by atoms with Crippen LogP contribution in [0.5, 0.6) is 0 Å². The molecule has 0 radical (unpaired) electrons. The summed E-state index contributed by atoms with van der Waals surface area (Å²) in [5.41, 5.74) is 0.386. The van der Waals surface area contributed by atoms with Gasteiger partial charge < -0.3 is 10.4 Å². The van der Waals surface area contributed by atoms with Crippen LogP contribution in [0.2, 0.25) is 0 Å². The van der Waals surface area contributed by atoms with Crippen molar-refractivity contribution in [2.24, 2.45) is 0 Å². The number of carbonyl (C=O) groups is 2. The number of benzene rings is 1. The van der Waals surface area contributed by atoms with Crippen molar-refractivity contribution in [3.8, 4) is 0 Å². The second-order valence-electron chi connectivity index (χ2n) is 4.06. The molecule has 21 heavy (non-hydrogen) atoms. The van der Waals surface area contributed by atoms with Crippen molar-refractivity contribution in [2.45, 2.75) is 6.54 Å². The summed E-state index contributed by atoms with van der Waals surface area (Å²) in [5, 5.41) is 18.2. The Labute approximate surface area is 118 Å². The lowest BCUT2D eigenvalue weighted by Gasteiger charge is -2.06. The minimum absolute atomic E-state index is 0.0394. The third-order valence-corrected chi connectivity index (χ3v) is 2.47. The number of nitrogens with zero attached hydrogens (tertiary/aromatic N) is 3. The van der Waals surface area contributed by atoms with Gasteiger partial charge in [-0.2, -0.15) is 0 Å². The van der Waals surface area contributed by atoms with E-state index in [2.05, 4.69) is 15.6 Å². The molecule has 2 rings (SSSR count). The van der Waals surface area contributed by atoms with Gasteiger partial charge in [0.05, 0.1) is 6.20 Å². The molecule has 0 saturated carbocycles. The highest BCUT2D eigenvalue weighted by Gasteiger charge is 2.06. The molecular weight excluding hydrogens is 279 g/mol. The van der Waals surface area contributed by atoms with Gasteiger partial charge in [0.25, 0.3) is 0 Å². The van der Waals surface area contributed by atoms with E-state index in [-0.39, 0.29) is 23.7 Å². The normalized spacial score (nSPS) is 10.7. The number of amides is 1. The maximum Gasteiger partial charge on any atom is 0.328 e. The molecule has 1 aromatic heterocycles. The van der Waals surface area contributed by atoms with E-state index in [0.29, 0.717) is 0 Å². The van der Waals surface area contributed by atoms with Crippen LogP contribution in [-0.2, 0) is 16.1 Å². The molecule has 0 spiro atoms. The maximum atomic E-state index is 13.7. The lowest BCUT2D eigenvalue weighted by atomic mass is 10.1. The van der Waals surface area contributed by atoms with Gasteiger partial charge in [0.2, 0.25) is 5.91 Å². The van der Waals surface area contributed by atoms with E-state index in [1.54, 1.807) is 0 Å². The van der Waals surface area contributed by atoms with Crippen molar-refractivity contribution in [3.63, 3.8) is 0 Å². The first kappa shape index (κ1) is 14.4. The van der Waals surface area contributed by atoms with Crippen LogP contribution in [0, 0.1) is 5.82 Å². The molecule has 0 unspecified atom stereocenters. The van der Waals surface area contributed by atoms with Gasteiger partial charge in [-0.3, -0.25) is 4.79 Å². The second kappa shape index (κ2) is 6.42. The molecule has 8 heteroatoms. The zero-order valence-corrected chi connectivity index (χ0v) is 10.7. The minimum Gasteiger partial charge on any atom is -0.478 e. The molecule has 0 bridgehead atoms. The zero-order chi connectivity index (χ0) is 15.2. The molecule has 0 fully saturated rings. The highest BCUT2D eigenvalue weighted by atomic mass is 19.1. The Morgan fingerprint density at radius 2 is 2.24 bits per heavy atom. The largest absolute Gasteiger partial charge is 0.478 e. The van der Waals surface area contributed by atoms with E-state index in [0.717, 1.165) is 18.2 Å². The van der Waals surface area contributed by atoms with Crippen molar-refractivity contribution in [2.75, 3.05) is 5.32 Å². The molecule has 0 aliphatic rings. The van der Waals surface area contributed by atoms with Crippen LogP contribution >= 0.6 is 0 Å². The number of anilines is 1. The van der Waals surface area contributed by atoms with Crippen molar-refractivity contribution >= 4 is 23.6 Å². The summed E-state index contributed by atoms with van der Waals surface area (Å²) < 4.78 is 15.0. The third-order valence-electron chi connectivity index (χ3n) is 2.47. The third kappa shape index (κ3) is 4.23. The molecule has 108 valence electrons. The average molecular weight is 290 g/mol. The number of hydrogen-bond acceptors (Lipinski definition) is 4. The Hall–Kier alpha value is -3.03. The summed E-state index contributed by atoms with van der Waals surface area (Å²) in [7, 11) is 0. The van der Waals surface area contributed by atoms with Gasteiger partial charge >= 0.3 is 5.97 Å². The molecule has 0 aliphatic heterocycles. The molecule has 1 amide bonds. The van der Waals surface area contributed by atoms with Gasteiger partial charge in [0.1, 0.15) is 12.4 Å². The molecule has 0 aliphatic carbocycles. The fraction of sp³-hybridized carbons (Fsp3) is 0.0769. The van der Waals surface area contributed by atoms with Gasteiger partial charge in [0, 0.05) is 23.5 Å². The van der Waals surface area contributed by atoms with E-state index in [9.17, 15) is 14.0 Å². The van der Waals surface area contributed by atoms with Crippen LogP contribution in [0.3, 0.4) is 0 Å². The maximum absolute atomic E-state index is 13.7. The first-order chi connectivity index (χ1) is 10.0. The van der Waals surface area contributed by atoms with Crippen LogP contribution in [0.15, 0.2) is 36.7 Å². The summed E-state index contributed by atoms with van der Waals surface area (Å²) in [5.74, 6) is -2.18. The fourth-order valence-electron chi connectivity index (χ4n) is 1.57. The number of carboxylic acids is 1. The number of aromatic nitrogens is 3. The zero-order valence-electron chi connectivity index (χ0n) is 10.7. The van der Waals surface area contributed by atoms with E-state index >= 15 is 0 Å². The van der Waals surface area contributed by atoms with Gasteiger partial charge in [0.15, 0.2) is 0 Å². The summed E-state index contributed by atoms with van der Waals surface area (Å²) in [6.45, 7) is -0.0394. The fourth-order valence-corrected chi connectivity index (χ4v) is 1.57. The highest BCUT2D eigenvalue weighted by Crippen LogP contribution is 2.16. The van der Waals surface area contributed by atoms with E-state index in [1.807, 2.05) is 0 Å². The van der Waals surface area contributed by atoms with Crippen LogP contribution in [0.1, 0.15) is 5.56 Å². The van der Waals surface area contributed by atoms with Crippen molar-refractivity contribution in [1.29, 1.82) is 0 Å². The van der Waals surface area contributed by atoms with Crippen LogP contribution in [-0.4, -0.2) is 32.0 Å². The topological polar surface area (TPSA) is 97.1 Å². The summed E-state index contributed by atoms with van der Waals surface area (Å²) >= 11 is 0. The Morgan fingerprint density at radius 1 is 1.43 bits per heavy atom. The minimum atomic E-state index is -1.17. The molecule has 2 aromatic rings. The quantitative estimate of drug-likeness (QED) is 0.805. The predicted octanol–water partition coefficient (Wildman–Crippen LogP) is 1.15. The monoisotopic (exact) mass is 290 g/mol. The van der Waals surface area contributed by atoms with Gasteiger partial charge in [-0.25, -0.2) is 13.9 Å². The molecule has 0 atom stereocenters. The molecule has 2 N–H and O–H groups in total. The second-order valence-corrected chi connectivity index (χ2v) is 4.06. The SMILES string of the molecule is O=C(O)/C=C/c1ccc(NC(=O)Cn2ccnn2)cc1F. The Morgan fingerprint density at radius 3 is 2.86 bits per heavy atom. The summed E-state index contributed by atoms with van der Waals surface area (Å²) in [6, 6.07) is 3.96. The number of nitrogens with one attached hydrogen (secondary N) is 1. The first-order valence-corrected chi connectivity index (χ1v) is 5.89. The van der Waals surface area contributed by atoms with Crippen LogP contribution in [0.25, 0.3) is 6.08 Å². The van der Waals surface area contributed by atoms with Crippen LogP contribution < -0.4 is 5.32 Å². The molecule has 1 aromatic carbocycles. The molecular formula is C13H11FN4O3.